The molecule has 2 N–H and O–H groups in total. The molecule has 1 fully saturated rings. The average Bonchev–Trinajstić information content (AvgIpc) is 2.95. The van der Waals surface area contributed by atoms with E-state index in [1.807, 2.05) is 0 Å². The van der Waals surface area contributed by atoms with E-state index in [0.29, 0.717) is 0 Å². The van der Waals surface area contributed by atoms with E-state index in [2.05, 4.69) is 64.2 Å². The number of hydrogen-bond donors (Lipinski definition) is 2. The van der Waals surface area contributed by atoms with Crippen LogP contribution in [0.15, 0.2) is 59.1 Å². The molecule has 0 atom stereocenters. The molecule has 19 heavy (non-hydrogen) atoms. The van der Waals surface area contributed by atoms with Gasteiger partial charge in [0.15, 0.2) is 6.29 Å². The summed E-state index contributed by atoms with van der Waals surface area (Å²) in [5, 5.41) is 6.60. The summed E-state index contributed by atoms with van der Waals surface area (Å²) in [5.74, 6) is 0. The van der Waals surface area contributed by atoms with Crippen molar-refractivity contribution < 1.29 is 0 Å². The van der Waals surface area contributed by atoms with Crippen LogP contribution in [0.4, 0.5) is 0 Å². The molecular weight excluding hydrogens is 234 g/mol. The van der Waals surface area contributed by atoms with Crippen molar-refractivity contribution in [3.63, 3.8) is 0 Å². The van der Waals surface area contributed by atoms with E-state index < -0.39 is 0 Å². The quantitative estimate of drug-likeness (QED) is 0.865. The molecule has 0 unspecified atom stereocenters. The van der Waals surface area contributed by atoms with Crippen LogP contribution in [0.25, 0.3) is 0 Å². The minimum atomic E-state index is 0.101. The molecule has 0 radical (unpaired) electrons. The van der Waals surface area contributed by atoms with Crippen LogP contribution < -0.4 is 10.6 Å². The molecule has 1 aromatic rings. The summed E-state index contributed by atoms with van der Waals surface area (Å²) >= 11 is 0. The molecule has 1 aliphatic heterocycles. The maximum Gasteiger partial charge on any atom is 0.153 e. The van der Waals surface area contributed by atoms with Gasteiger partial charge in [-0.1, -0.05) is 42.5 Å². The number of aliphatic imine (C=N–C) groups is 1. The van der Waals surface area contributed by atoms with Gasteiger partial charge in [-0.25, -0.2) is 0 Å². The Kier molecular flexibility index (Phi) is 3.86. The van der Waals surface area contributed by atoms with Gasteiger partial charge in [-0.2, -0.15) is 0 Å². The van der Waals surface area contributed by atoms with E-state index in [4.69, 9.17) is 0 Å². The highest BCUT2D eigenvalue weighted by Gasteiger charge is 2.12. The van der Waals surface area contributed by atoms with Crippen molar-refractivity contribution in [2.75, 3.05) is 13.1 Å². The molecule has 0 amide bonds. The molecular formula is C16H19N3. The van der Waals surface area contributed by atoms with Crippen molar-refractivity contribution >= 4 is 5.71 Å². The van der Waals surface area contributed by atoms with Crippen molar-refractivity contribution in [2.24, 2.45) is 4.99 Å². The van der Waals surface area contributed by atoms with Crippen LogP contribution in [0.5, 0.6) is 0 Å². The molecule has 0 spiro atoms. The lowest BCUT2D eigenvalue weighted by Crippen LogP contribution is -2.29. The van der Waals surface area contributed by atoms with E-state index in [1.165, 1.54) is 11.1 Å². The second-order valence-corrected chi connectivity index (χ2v) is 4.91. The molecule has 0 saturated carbocycles. The summed E-state index contributed by atoms with van der Waals surface area (Å²) in [6.45, 7) is 2.00. The minimum Gasteiger partial charge on any atom is -0.282 e. The Bertz CT molecular complexity index is 508. The molecule has 0 aromatic heterocycles. The second kappa shape index (κ2) is 5.95. The Morgan fingerprint density at radius 2 is 1.84 bits per heavy atom. The summed E-state index contributed by atoms with van der Waals surface area (Å²) in [7, 11) is 0. The molecule has 2 aliphatic rings. The highest BCUT2D eigenvalue weighted by Crippen LogP contribution is 2.14. The molecule has 1 aromatic carbocycles. The van der Waals surface area contributed by atoms with Gasteiger partial charge in [-0.05, 0) is 23.6 Å². The predicted octanol–water partition coefficient (Wildman–Crippen LogP) is 2.03. The third-order valence-electron chi connectivity index (χ3n) is 3.41. The van der Waals surface area contributed by atoms with Crippen molar-refractivity contribution in [1.82, 2.24) is 10.6 Å². The zero-order valence-electron chi connectivity index (χ0n) is 11.0. The van der Waals surface area contributed by atoms with E-state index in [9.17, 15) is 0 Å². The van der Waals surface area contributed by atoms with Crippen molar-refractivity contribution in [3.05, 3.63) is 59.7 Å². The summed E-state index contributed by atoms with van der Waals surface area (Å²) < 4.78 is 0. The molecule has 3 nitrogen and oxygen atoms in total. The van der Waals surface area contributed by atoms with Gasteiger partial charge in [0.2, 0.25) is 0 Å². The van der Waals surface area contributed by atoms with Crippen LogP contribution >= 0.6 is 0 Å². The predicted molar refractivity (Wildman–Crippen MR) is 79.2 cm³/mol. The van der Waals surface area contributed by atoms with Crippen molar-refractivity contribution in [2.45, 2.75) is 19.1 Å². The summed E-state index contributed by atoms with van der Waals surface area (Å²) in [6, 6.07) is 10.6. The monoisotopic (exact) mass is 253 g/mol. The van der Waals surface area contributed by atoms with Gasteiger partial charge in [-0.3, -0.25) is 15.6 Å². The number of benzene rings is 1. The fourth-order valence-electron chi connectivity index (χ4n) is 2.38. The van der Waals surface area contributed by atoms with Gasteiger partial charge in [0.05, 0.1) is 0 Å². The number of nitrogens with zero attached hydrogens (tertiary/aromatic N) is 1. The number of nitrogens with one attached hydrogen (secondary N) is 2. The lowest BCUT2D eigenvalue weighted by molar-refractivity contribution is 0.580. The number of hydrogen-bond acceptors (Lipinski definition) is 3. The number of allylic oxidation sites excluding steroid dienone is 4. The Morgan fingerprint density at radius 1 is 1.05 bits per heavy atom. The van der Waals surface area contributed by atoms with Crippen LogP contribution in [0.2, 0.25) is 0 Å². The Hall–Kier alpha value is -1.71. The van der Waals surface area contributed by atoms with Crippen LogP contribution in [-0.2, 0) is 6.42 Å². The topological polar surface area (TPSA) is 36.4 Å². The van der Waals surface area contributed by atoms with Crippen LogP contribution in [0.3, 0.4) is 0 Å². The highest BCUT2D eigenvalue weighted by atomic mass is 15.3. The third-order valence-corrected chi connectivity index (χ3v) is 3.41. The summed E-state index contributed by atoms with van der Waals surface area (Å²) in [5.41, 5.74) is 3.87. The lowest BCUT2D eigenvalue weighted by Gasteiger charge is -2.11. The highest BCUT2D eigenvalue weighted by molar-refractivity contribution is 5.97. The maximum absolute atomic E-state index is 4.64. The smallest absolute Gasteiger partial charge is 0.153 e. The van der Waals surface area contributed by atoms with Gasteiger partial charge in [-0.15, -0.1) is 0 Å². The maximum atomic E-state index is 4.64. The van der Waals surface area contributed by atoms with Gasteiger partial charge >= 0.3 is 0 Å². The Balaban J connectivity index is 1.60. The fraction of sp³-hybridized carbons (Fsp3) is 0.312. The Labute approximate surface area is 114 Å². The summed E-state index contributed by atoms with van der Waals surface area (Å²) in [6.07, 6.45) is 8.64. The van der Waals surface area contributed by atoms with Crippen molar-refractivity contribution in [3.8, 4) is 0 Å². The molecule has 1 saturated heterocycles. The zero-order valence-corrected chi connectivity index (χ0v) is 11.0. The van der Waals surface area contributed by atoms with E-state index in [-0.39, 0.29) is 6.29 Å². The largest absolute Gasteiger partial charge is 0.282 e. The van der Waals surface area contributed by atoms with Gasteiger partial charge in [0.1, 0.15) is 0 Å². The first kappa shape index (κ1) is 12.3. The van der Waals surface area contributed by atoms with Crippen LogP contribution in [0, 0.1) is 0 Å². The second-order valence-electron chi connectivity index (χ2n) is 4.91. The Morgan fingerprint density at radius 3 is 2.53 bits per heavy atom. The normalized spacial score (nSPS) is 21.9. The molecule has 3 rings (SSSR count). The van der Waals surface area contributed by atoms with Gasteiger partial charge in [0.25, 0.3) is 0 Å². The van der Waals surface area contributed by atoms with Crippen molar-refractivity contribution in [1.29, 1.82) is 0 Å². The lowest BCUT2D eigenvalue weighted by atomic mass is 9.99. The third kappa shape index (κ3) is 3.40. The van der Waals surface area contributed by atoms with E-state index >= 15 is 0 Å². The molecule has 3 heteroatoms. The zero-order chi connectivity index (χ0) is 12.9. The fourth-order valence-corrected chi connectivity index (χ4v) is 2.38. The summed E-state index contributed by atoms with van der Waals surface area (Å²) in [4.78, 5) is 4.64. The first-order valence-electron chi connectivity index (χ1n) is 6.85. The SMILES string of the molecule is C1=CC(=NC2NCCN2)CC=C1Cc1ccccc1. The van der Waals surface area contributed by atoms with Crippen LogP contribution in [-0.4, -0.2) is 25.1 Å². The van der Waals surface area contributed by atoms with E-state index in [1.54, 1.807) is 0 Å². The van der Waals surface area contributed by atoms with Gasteiger partial charge in [0, 0.05) is 25.2 Å². The molecule has 1 heterocycles. The number of rotatable bonds is 3. The average molecular weight is 253 g/mol. The molecule has 98 valence electrons. The first-order valence-corrected chi connectivity index (χ1v) is 6.85. The molecule has 1 aliphatic carbocycles. The first-order chi connectivity index (χ1) is 9.40. The van der Waals surface area contributed by atoms with Gasteiger partial charge < -0.3 is 0 Å². The van der Waals surface area contributed by atoms with E-state index in [0.717, 1.165) is 31.6 Å². The standard InChI is InChI=1S/C16H19N3/c1-2-4-13(5-3-1)12-14-6-8-15(9-7-14)19-16-17-10-11-18-16/h1-8,16-18H,9-12H2. The molecule has 0 bridgehead atoms. The van der Waals surface area contributed by atoms with Crippen LogP contribution in [0.1, 0.15) is 12.0 Å². The minimum absolute atomic E-state index is 0.101.